The van der Waals surface area contributed by atoms with Gasteiger partial charge in [-0.1, -0.05) is 79.7 Å². The molecule has 2 N–H and O–H groups in total. The smallest absolute Gasteiger partial charge is 0.430 e. The molecule has 1 atom stereocenters. The van der Waals surface area contributed by atoms with Gasteiger partial charge in [-0.3, -0.25) is 4.79 Å². The molecule has 0 aromatic heterocycles. The molecular weight excluding hydrogens is 589 g/mol. The number of aryl methyl sites for hydroxylation is 1. The molecule has 3 saturated heterocycles. The van der Waals surface area contributed by atoms with Gasteiger partial charge in [0.15, 0.2) is 6.10 Å². The number of benzene rings is 3. The third kappa shape index (κ3) is 8.09. The number of hydrogen-bond acceptors (Lipinski definition) is 6. The van der Waals surface area contributed by atoms with E-state index in [4.69, 9.17) is 14.6 Å². The highest BCUT2D eigenvalue weighted by Crippen LogP contribution is 2.38. The minimum atomic E-state index is -5.19. The first-order chi connectivity index (χ1) is 21.4. The Morgan fingerprint density at radius 3 is 1.89 bits per heavy atom. The van der Waals surface area contributed by atoms with Crippen LogP contribution in [-0.2, 0) is 26.3 Å². The number of ether oxygens (including phenoxy) is 1. The minimum Gasteiger partial charge on any atom is -0.542 e. The molecule has 6 rings (SSSR count). The normalized spacial score (nSPS) is 20.8. The van der Waals surface area contributed by atoms with Crippen LogP contribution in [0.15, 0.2) is 84.9 Å². The average Bonchev–Trinajstić information content (AvgIpc) is 3.05. The number of esters is 1. The maximum atomic E-state index is 13.7. The van der Waals surface area contributed by atoms with Crippen LogP contribution in [0.1, 0.15) is 46.8 Å². The molecule has 0 spiro atoms. The van der Waals surface area contributed by atoms with Crippen molar-refractivity contribution in [1.82, 2.24) is 5.32 Å². The van der Waals surface area contributed by atoms with Crippen LogP contribution in [0.3, 0.4) is 0 Å². The number of carboxylic acid groups (broad SMARTS) is 1. The number of amides is 1. The van der Waals surface area contributed by atoms with Crippen molar-refractivity contribution in [3.63, 3.8) is 0 Å². The van der Waals surface area contributed by atoms with Gasteiger partial charge in [-0.05, 0) is 35.2 Å². The molecule has 2 bridgehead atoms. The van der Waals surface area contributed by atoms with E-state index >= 15 is 0 Å². The van der Waals surface area contributed by atoms with Gasteiger partial charge < -0.3 is 29.5 Å². The summed E-state index contributed by atoms with van der Waals surface area (Å²) in [5, 5.41) is 23.7. The Balaban J connectivity index is 0.000000591. The number of carbonyl (C=O) groups is 3. The number of rotatable bonds is 9. The van der Waals surface area contributed by atoms with Crippen molar-refractivity contribution in [2.45, 2.75) is 44.1 Å². The van der Waals surface area contributed by atoms with E-state index in [1.165, 1.54) is 5.56 Å². The van der Waals surface area contributed by atoms with Crippen LogP contribution >= 0.6 is 0 Å². The van der Waals surface area contributed by atoms with Crippen LogP contribution in [0, 0.1) is 5.92 Å². The third-order valence-electron chi connectivity index (χ3n) is 8.71. The number of aliphatic carboxylic acids is 1. The lowest BCUT2D eigenvalue weighted by molar-refractivity contribution is -0.945. The molecule has 3 heterocycles. The van der Waals surface area contributed by atoms with Gasteiger partial charge >= 0.3 is 12.1 Å². The summed E-state index contributed by atoms with van der Waals surface area (Å²) < 4.78 is 38.5. The SMILES string of the molecule is CCc1ccc(C(=O)NCC[N+]23CCC(CC2)[C@@H](OC(=O)C(O)(c2ccccc2)c2ccccc2)C3)cc1.O=C([O-])C(F)(F)F. The molecule has 3 aromatic rings. The number of halogens is 3. The van der Waals surface area contributed by atoms with Crippen molar-refractivity contribution >= 4 is 17.8 Å². The summed E-state index contributed by atoms with van der Waals surface area (Å²) in [5.41, 5.74) is 1.00. The fourth-order valence-corrected chi connectivity index (χ4v) is 6.05. The van der Waals surface area contributed by atoms with Crippen LogP contribution in [0.5, 0.6) is 0 Å². The number of hydrogen-bond donors (Lipinski definition) is 2. The zero-order valence-electron chi connectivity index (χ0n) is 25.0. The summed E-state index contributed by atoms with van der Waals surface area (Å²) >= 11 is 0. The highest BCUT2D eigenvalue weighted by Gasteiger charge is 2.50. The maximum Gasteiger partial charge on any atom is 0.430 e. The van der Waals surface area contributed by atoms with Crippen LogP contribution < -0.4 is 10.4 Å². The number of piperidine rings is 3. The van der Waals surface area contributed by atoms with E-state index in [1.807, 2.05) is 60.7 Å². The van der Waals surface area contributed by atoms with Crippen molar-refractivity contribution in [2.24, 2.45) is 5.92 Å². The summed E-state index contributed by atoms with van der Waals surface area (Å²) in [7, 11) is 0. The summed E-state index contributed by atoms with van der Waals surface area (Å²) in [6, 6.07) is 25.8. The standard InChI is InChI=1S/C32H36N2O4.C2HF3O2/c1-2-24-13-15-26(16-14-24)30(35)33-19-22-34-20-17-25(18-21-34)29(23-34)38-31(36)32(37,27-9-5-3-6-10-27)28-11-7-4-8-12-28;3-2(4,5)1(6)7/h3-16,25,29,37H,2,17-23H2,1H3;(H,6,7)/t25?,29-,34?;/m0./s1. The lowest BCUT2D eigenvalue weighted by Crippen LogP contribution is -2.66. The highest BCUT2D eigenvalue weighted by molar-refractivity contribution is 5.94. The molecule has 45 heavy (non-hydrogen) atoms. The Morgan fingerprint density at radius 2 is 1.42 bits per heavy atom. The molecule has 3 aromatic carbocycles. The van der Waals surface area contributed by atoms with E-state index in [1.54, 1.807) is 24.3 Å². The first-order valence-corrected chi connectivity index (χ1v) is 14.9. The largest absolute Gasteiger partial charge is 0.542 e. The second-order valence-electron chi connectivity index (χ2n) is 11.5. The minimum absolute atomic E-state index is 0.0588. The van der Waals surface area contributed by atoms with E-state index in [9.17, 15) is 27.9 Å². The highest BCUT2D eigenvalue weighted by atomic mass is 19.4. The molecule has 1 amide bonds. The third-order valence-corrected chi connectivity index (χ3v) is 8.71. The Kier molecular flexibility index (Phi) is 10.7. The number of carbonyl (C=O) groups excluding carboxylic acids is 3. The first kappa shape index (κ1) is 33.7. The zero-order chi connectivity index (χ0) is 32.7. The molecule has 3 aliphatic rings. The van der Waals surface area contributed by atoms with E-state index in [2.05, 4.69) is 12.2 Å². The molecule has 0 radical (unpaired) electrons. The Bertz CT molecular complexity index is 1400. The second kappa shape index (κ2) is 14.3. The molecule has 0 unspecified atom stereocenters. The molecule has 3 fully saturated rings. The molecule has 8 nitrogen and oxygen atoms in total. The van der Waals surface area contributed by atoms with Gasteiger partial charge in [-0.25, -0.2) is 4.79 Å². The topological polar surface area (TPSA) is 116 Å². The number of nitrogens with zero attached hydrogens (tertiary/aromatic N) is 1. The number of carboxylic acids is 1. The van der Waals surface area contributed by atoms with Gasteiger partial charge in [0.05, 0.1) is 26.2 Å². The molecule has 11 heteroatoms. The number of nitrogens with one attached hydrogen (secondary N) is 1. The average molecular weight is 627 g/mol. The van der Waals surface area contributed by atoms with Gasteiger partial charge in [-0.15, -0.1) is 0 Å². The molecule has 0 aliphatic carbocycles. The summed E-state index contributed by atoms with van der Waals surface area (Å²) in [6.45, 7) is 6.19. The predicted octanol–water partition coefficient (Wildman–Crippen LogP) is 3.37. The van der Waals surface area contributed by atoms with Crippen molar-refractivity contribution in [3.8, 4) is 0 Å². The number of quaternary nitrogens is 1. The summed E-state index contributed by atoms with van der Waals surface area (Å²) in [4.78, 5) is 35.1. The van der Waals surface area contributed by atoms with E-state index < -0.39 is 23.7 Å². The monoisotopic (exact) mass is 626 g/mol. The first-order valence-electron chi connectivity index (χ1n) is 14.9. The summed E-state index contributed by atoms with van der Waals surface area (Å²) in [6.07, 6.45) is -2.57. The van der Waals surface area contributed by atoms with Crippen LogP contribution in [0.25, 0.3) is 0 Å². The van der Waals surface area contributed by atoms with Crippen molar-refractivity contribution in [3.05, 3.63) is 107 Å². The van der Waals surface area contributed by atoms with E-state index in [-0.39, 0.29) is 12.0 Å². The quantitative estimate of drug-likeness (QED) is 0.278. The van der Waals surface area contributed by atoms with Crippen LogP contribution in [0.4, 0.5) is 13.2 Å². The molecule has 0 saturated carbocycles. The van der Waals surface area contributed by atoms with E-state index in [0.29, 0.717) is 35.7 Å². The Labute approximate surface area is 260 Å². The number of alkyl halides is 3. The lowest BCUT2D eigenvalue weighted by Gasteiger charge is -2.52. The van der Waals surface area contributed by atoms with Crippen LogP contribution in [0.2, 0.25) is 0 Å². The van der Waals surface area contributed by atoms with Gasteiger partial charge in [0.25, 0.3) is 5.91 Å². The van der Waals surface area contributed by atoms with Crippen molar-refractivity contribution in [1.29, 1.82) is 0 Å². The summed E-state index contributed by atoms with van der Waals surface area (Å²) in [5.74, 6) is -3.40. The van der Waals surface area contributed by atoms with Gasteiger partial charge in [0, 0.05) is 24.3 Å². The maximum absolute atomic E-state index is 13.7. The second-order valence-corrected chi connectivity index (χ2v) is 11.5. The van der Waals surface area contributed by atoms with Crippen LogP contribution in [-0.4, -0.2) is 72.4 Å². The molecular formula is C34H37F3N2O6. The molecule has 3 aliphatic heterocycles. The van der Waals surface area contributed by atoms with Crippen molar-refractivity contribution in [2.75, 3.05) is 32.7 Å². The zero-order valence-corrected chi connectivity index (χ0v) is 25.0. The predicted molar refractivity (Wildman–Crippen MR) is 157 cm³/mol. The van der Waals surface area contributed by atoms with Gasteiger partial charge in [0.1, 0.15) is 12.5 Å². The number of fused-ring (bicyclic) bond motifs is 3. The fraction of sp³-hybridized carbons (Fsp3) is 0.382. The molecule has 240 valence electrons. The number of aliphatic hydroxyl groups is 1. The lowest BCUT2D eigenvalue weighted by atomic mass is 9.82. The Hall–Kier alpha value is -4.22. The van der Waals surface area contributed by atoms with Gasteiger partial charge in [-0.2, -0.15) is 13.2 Å². The Morgan fingerprint density at radius 1 is 0.911 bits per heavy atom. The fourth-order valence-electron chi connectivity index (χ4n) is 6.05. The van der Waals surface area contributed by atoms with E-state index in [0.717, 1.165) is 43.4 Å². The van der Waals surface area contributed by atoms with Crippen molar-refractivity contribution < 1.29 is 47.0 Å². The van der Waals surface area contributed by atoms with Gasteiger partial charge in [0.2, 0.25) is 5.60 Å².